The summed E-state index contributed by atoms with van der Waals surface area (Å²) in [5.41, 5.74) is 2.10. The number of methoxy groups -OCH3 is 1. The fraction of sp³-hybridized carbons (Fsp3) is 0.350. The SMILES string of the molecule is COc1ccc(NC(=O)NCC2CCN(Cc3ccccc3)C2)cc1. The molecule has 1 aliphatic rings. The molecule has 0 radical (unpaired) electrons. The van der Waals surface area contributed by atoms with Crippen molar-refractivity contribution < 1.29 is 9.53 Å². The van der Waals surface area contributed by atoms with Crippen LogP contribution in [0.1, 0.15) is 12.0 Å². The number of benzene rings is 2. The smallest absolute Gasteiger partial charge is 0.319 e. The van der Waals surface area contributed by atoms with E-state index in [1.54, 1.807) is 7.11 Å². The highest BCUT2D eigenvalue weighted by molar-refractivity contribution is 5.89. The first kappa shape index (κ1) is 17.3. The number of amides is 2. The third-order valence-corrected chi connectivity index (χ3v) is 4.52. The maximum Gasteiger partial charge on any atom is 0.319 e. The summed E-state index contributed by atoms with van der Waals surface area (Å²) < 4.78 is 5.11. The lowest BCUT2D eigenvalue weighted by atomic mass is 10.1. The topological polar surface area (TPSA) is 53.6 Å². The van der Waals surface area contributed by atoms with Crippen LogP contribution in [0.4, 0.5) is 10.5 Å². The Morgan fingerprint density at radius 2 is 1.92 bits per heavy atom. The molecule has 2 N–H and O–H groups in total. The molecule has 0 spiro atoms. The number of rotatable bonds is 6. The highest BCUT2D eigenvalue weighted by Crippen LogP contribution is 2.18. The largest absolute Gasteiger partial charge is 0.497 e. The summed E-state index contributed by atoms with van der Waals surface area (Å²) in [6.07, 6.45) is 1.12. The van der Waals surface area contributed by atoms with Crippen LogP contribution < -0.4 is 15.4 Å². The fourth-order valence-electron chi connectivity index (χ4n) is 3.15. The molecule has 2 aromatic carbocycles. The molecule has 5 heteroatoms. The van der Waals surface area contributed by atoms with Crippen LogP contribution >= 0.6 is 0 Å². The van der Waals surface area contributed by atoms with Crippen molar-refractivity contribution in [2.75, 3.05) is 32.1 Å². The Bertz CT molecular complexity index is 673. The molecule has 0 saturated carbocycles. The number of carbonyl (C=O) groups excluding carboxylic acids is 1. The Balaban J connectivity index is 1.39. The average molecular weight is 339 g/mol. The predicted molar refractivity (Wildman–Crippen MR) is 99.8 cm³/mol. The van der Waals surface area contributed by atoms with Crippen LogP contribution in [0, 0.1) is 5.92 Å². The quantitative estimate of drug-likeness (QED) is 0.849. The van der Waals surface area contributed by atoms with Crippen molar-refractivity contribution in [3.05, 3.63) is 60.2 Å². The molecule has 1 heterocycles. The maximum absolute atomic E-state index is 12.0. The standard InChI is InChI=1S/C20H25N3O2/c1-25-19-9-7-18(8-10-19)22-20(24)21-13-17-11-12-23(15-17)14-16-5-3-2-4-6-16/h2-10,17H,11-15H2,1H3,(H2,21,22,24). The zero-order chi connectivity index (χ0) is 17.5. The lowest BCUT2D eigenvalue weighted by Crippen LogP contribution is -2.34. The second-order valence-corrected chi connectivity index (χ2v) is 6.44. The molecule has 1 atom stereocenters. The minimum Gasteiger partial charge on any atom is -0.497 e. The monoisotopic (exact) mass is 339 g/mol. The van der Waals surface area contributed by atoms with Gasteiger partial charge in [-0.2, -0.15) is 0 Å². The van der Waals surface area contributed by atoms with Gasteiger partial charge in [0.15, 0.2) is 0 Å². The number of hydrogen-bond acceptors (Lipinski definition) is 3. The van der Waals surface area contributed by atoms with Crippen LogP contribution in [-0.2, 0) is 6.54 Å². The van der Waals surface area contributed by atoms with Gasteiger partial charge in [-0.3, -0.25) is 4.90 Å². The van der Waals surface area contributed by atoms with Crippen LogP contribution in [0.2, 0.25) is 0 Å². The zero-order valence-corrected chi connectivity index (χ0v) is 14.6. The lowest BCUT2D eigenvalue weighted by Gasteiger charge is -2.16. The molecule has 0 aliphatic carbocycles. The fourth-order valence-corrected chi connectivity index (χ4v) is 3.15. The van der Waals surface area contributed by atoms with Gasteiger partial charge < -0.3 is 15.4 Å². The summed E-state index contributed by atoms with van der Waals surface area (Å²) in [4.78, 5) is 14.5. The number of nitrogens with one attached hydrogen (secondary N) is 2. The molecule has 1 unspecified atom stereocenters. The van der Waals surface area contributed by atoms with Gasteiger partial charge in [-0.1, -0.05) is 30.3 Å². The second-order valence-electron chi connectivity index (χ2n) is 6.44. The van der Waals surface area contributed by atoms with E-state index in [1.807, 2.05) is 30.3 Å². The molecule has 3 rings (SSSR count). The van der Waals surface area contributed by atoms with Crippen molar-refractivity contribution in [3.8, 4) is 5.75 Å². The second kappa shape index (κ2) is 8.53. The van der Waals surface area contributed by atoms with Crippen LogP contribution in [0.25, 0.3) is 0 Å². The number of nitrogens with zero attached hydrogens (tertiary/aromatic N) is 1. The van der Waals surface area contributed by atoms with E-state index in [0.29, 0.717) is 12.5 Å². The van der Waals surface area contributed by atoms with Crippen LogP contribution in [0.15, 0.2) is 54.6 Å². The highest BCUT2D eigenvalue weighted by Gasteiger charge is 2.22. The van der Waals surface area contributed by atoms with E-state index >= 15 is 0 Å². The minimum atomic E-state index is -0.160. The third kappa shape index (κ3) is 5.22. The summed E-state index contributed by atoms with van der Waals surface area (Å²) in [6.45, 7) is 3.79. The number of urea groups is 1. The number of hydrogen-bond donors (Lipinski definition) is 2. The normalized spacial score (nSPS) is 17.2. The summed E-state index contributed by atoms with van der Waals surface area (Å²) in [6, 6.07) is 17.7. The molecule has 2 amide bonds. The van der Waals surface area contributed by atoms with E-state index in [4.69, 9.17) is 4.74 Å². The molecular weight excluding hydrogens is 314 g/mol. The van der Waals surface area contributed by atoms with Crippen molar-refractivity contribution in [1.82, 2.24) is 10.2 Å². The van der Waals surface area contributed by atoms with Crippen molar-refractivity contribution in [2.45, 2.75) is 13.0 Å². The van der Waals surface area contributed by atoms with Gasteiger partial charge in [0.25, 0.3) is 0 Å². The van der Waals surface area contributed by atoms with Gasteiger partial charge in [0.2, 0.25) is 0 Å². The van der Waals surface area contributed by atoms with E-state index in [2.05, 4.69) is 39.8 Å². The molecule has 0 aromatic heterocycles. The summed E-state index contributed by atoms with van der Waals surface area (Å²) in [7, 11) is 1.62. The van der Waals surface area contributed by atoms with Gasteiger partial charge in [0.05, 0.1) is 7.11 Å². The first-order chi connectivity index (χ1) is 12.2. The van der Waals surface area contributed by atoms with Gasteiger partial charge in [-0.15, -0.1) is 0 Å². The first-order valence-corrected chi connectivity index (χ1v) is 8.68. The molecule has 25 heavy (non-hydrogen) atoms. The molecule has 132 valence electrons. The number of carbonyl (C=O) groups is 1. The Hall–Kier alpha value is -2.53. The summed E-state index contributed by atoms with van der Waals surface area (Å²) in [5, 5.41) is 5.83. The van der Waals surface area contributed by atoms with E-state index in [9.17, 15) is 4.79 Å². The van der Waals surface area contributed by atoms with Crippen molar-refractivity contribution in [2.24, 2.45) is 5.92 Å². The van der Waals surface area contributed by atoms with Gasteiger partial charge in [-0.25, -0.2) is 4.79 Å². The maximum atomic E-state index is 12.0. The zero-order valence-electron chi connectivity index (χ0n) is 14.6. The Labute approximate surface area is 149 Å². The molecular formula is C20H25N3O2. The summed E-state index contributed by atoms with van der Waals surface area (Å²) >= 11 is 0. The Kier molecular flexibility index (Phi) is 5.90. The molecule has 1 aliphatic heterocycles. The predicted octanol–water partition coefficient (Wildman–Crippen LogP) is 3.34. The van der Waals surface area contributed by atoms with Gasteiger partial charge in [-0.05, 0) is 48.7 Å². The van der Waals surface area contributed by atoms with Crippen LogP contribution in [-0.4, -0.2) is 37.7 Å². The van der Waals surface area contributed by atoms with E-state index in [-0.39, 0.29) is 6.03 Å². The van der Waals surface area contributed by atoms with Crippen LogP contribution in [0.5, 0.6) is 5.75 Å². The first-order valence-electron chi connectivity index (χ1n) is 8.68. The van der Waals surface area contributed by atoms with E-state index in [0.717, 1.165) is 37.5 Å². The molecule has 1 fully saturated rings. The van der Waals surface area contributed by atoms with Gasteiger partial charge in [0.1, 0.15) is 5.75 Å². The average Bonchev–Trinajstić information content (AvgIpc) is 3.09. The van der Waals surface area contributed by atoms with Crippen molar-refractivity contribution in [1.29, 1.82) is 0 Å². The highest BCUT2D eigenvalue weighted by atomic mass is 16.5. The Morgan fingerprint density at radius 3 is 2.64 bits per heavy atom. The molecule has 0 bridgehead atoms. The number of anilines is 1. The van der Waals surface area contributed by atoms with E-state index < -0.39 is 0 Å². The van der Waals surface area contributed by atoms with Crippen LogP contribution in [0.3, 0.4) is 0 Å². The molecule has 1 saturated heterocycles. The van der Waals surface area contributed by atoms with Gasteiger partial charge in [0, 0.05) is 25.3 Å². The van der Waals surface area contributed by atoms with Crippen molar-refractivity contribution >= 4 is 11.7 Å². The lowest BCUT2D eigenvalue weighted by molar-refractivity contribution is 0.249. The molecule has 5 nitrogen and oxygen atoms in total. The number of likely N-dealkylation sites (tertiary alicyclic amines) is 1. The molecule has 2 aromatic rings. The van der Waals surface area contributed by atoms with E-state index in [1.165, 1.54) is 5.56 Å². The van der Waals surface area contributed by atoms with Crippen molar-refractivity contribution in [3.63, 3.8) is 0 Å². The minimum absolute atomic E-state index is 0.160. The third-order valence-electron chi connectivity index (χ3n) is 4.52. The summed E-state index contributed by atoms with van der Waals surface area (Å²) in [5.74, 6) is 1.28. The Morgan fingerprint density at radius 1 is 1.16 bits per heavy atom. The van der Waals surface area contributed by atoms with Gasteiger partial charge >= 0.3 is 6.03 Å². The number of ether oxygens (including phenoxy) is 1.